The number of allylic oxidation sites excluding steroid dienone is 4. The van der Waals surface area contributed by atoms with Crippen molar-refractivity contribution in [2.24, 2.45) is 0 Å². The third kappa shape index (κ3) is 3.20. The van der Waals surface area contributed by atoms with E-state index < -0.39 is 7.26 Å². The van der Waals surface area contributed by atoms with Crippen LogP contribution in [-0.2, 0) is 19.5 Å². The summed E-state index contributed by atoms with van der Waals surface area (Å²) in [7, 11) is -2.16. The van der Waals surface area contributed by atoms with E-state index in [1.165, 1.54) is 15.9 Å². The van der Waals surface area contributed by atoms with E-state index >= 15 is 0 Å². The van der Waals surface area contributed by atoms with Crippen LogP contribution in [0.4, 0.5) is 0 Å². The second kappa shape index (κ2) is 8.05. The van der Waals surface area contributed by atoms with Gasteiger partial charge in [-0.25, -0.2) is 0 Å². The second-order valence-electron chi connectivity index (χ2n) is 6.20. The third-order valence-corrected chi connectivity index (χ3v) is 10.1. The van der Waals surface area contributed by atoms with E-state index in [-0.39, 0.29) is 19.5 Å². The summed E-state index contributed by atoms with van der Waals surface area (Å²) in [5.74, 6) is 0. The van der Waals surface area contributed by atoms with Gasteiger partial charge in [0.2, 0.25) is 0 Å². The van der Waals surface area contributed by atoms with Gasteiger partial charge in [-0.05, 0) is 0 Å². The first-order valence-corrected chi connectivity index (χ1v) is 10.5. The van der Waals surface area contributed by atoms with Crippen LogP contribution in [0.15, 0.2) is 115 Å². The largest absolute Gasteiger partial charge is 0 e. The fourth-order valence-corrected chi connectivity index (χ4v) is 9.01. The quantitative estimate of drug-likeness (QED) is 0.431. The second-order valence-corrected chi connectivity index (χ2v) is 10.2. The minimum Gasteiger partial charge on any atom is 0 e. The average Bonchev–Trinajstić information content (AvgIpc) is 3.20. The van der Waals surface area contributed by atoms with Crippen LogP contribution in [0, 0.1) is 0 Å². The molecule has 0 saturated heterocycles. The van der Waals surface area contributed by atoms with Crippen molar-refractivity contribution in [2.75, 3.05) is 0 Å². The first kappa shape index (κ1) is 18.0. The topological polar surface area (TPSA) is 0 Å². The standard InChI is InChI=1S/C23H21P.Ru/c1-4-12-20(13-5-1)24(23-18-10-11-19-23,21-14-6-2-7-15-21)22-16-8-3-9-17-22;/h1-19,23-24H;. The fraction of sp³-hybridized carbons (Fsp3) is 0.0435. The Morgan fingerprint density at radius 2 is 0.800 bits per heavy atom. The first-order valence-electron chi connectivity index (χ1n) is 8.44. The Kier molecular flexibility index (Phi) is 5.79. The Bertz CT molecular complexity index is 746. The van der Waals surface area contributed by atoms with Crippen LogP contribution in [0.2, 0.25) is 0 Å². The van der Waals surface area contributed by atoms with Gasteiger partial charge >= 0.3 is 144 Å². The molecule has 1 aliphatic carbocycles. The van der Waals surface area contributed by atoms with E-state index in [0.29, 0.717) is 5.66 Å². The van der Waals surface area contributed by atoms with E-state index in [9.17, 15) is 0 Å². The van der Waals surface area contributed by atoms with Gasteiger partial charge in [-0.15, -0.1) is 0 Å². The molecule has 0 aliphatic heterocycles. The summed E-state index contributed by atoms with van der Waals surface area (Å²) >= 11 is 0. The Morgan fingerprint density at radius 1 is 0.480 bits per heavy atom. The van der Waals surface area contributed by atoms with Crippen LogP contribution in [0.1, 0.15) is 0 Å². The van der Waals surface area contributed by atoms with Crippen molar-refractivity contribution in [2.45, 2.75) is 5.66 Å². The summed E-state index contributed by atoms with van der Waals surface area (Å²) in [6, 6.07) is 33.2. The zero-order valence-corrected chi connectivity index (χ0v) is 16.6. The average molecular weight is 429 g/mol. The fourth-order valence-electron chi connectivity index (χ4n) is 3.90. The van der Waals surface area contributed by atoms with Crippen LogP contribution < -0.4 is 15.9 Å². The zero-order chi connectivity index (χ0) is 16.2. The zero-order valence-electron chi connectivity index (χ0n) is 13.9. The molecule has 0 spiro atoms. The monoisotopic (exact) mass is 430 g/mol. The maximum absolute atomic E-state index is 2.37. The van der Waals surface area contributed by atoms with Crippen LogP contribution >= 0.6 is 7.26 Å². The molecule has 0 heterocycles. The molecule has 4 rings (SSSR count). The molecule has 2 heteroatoms. The summed E-state index contributed by atoms with van der Waals surface area (Å²) in [5, 5.41) is 4.39. The van der Waals surface area contributed by atoms with Gasteiger partial charge in [-0.1, -0.05) is 0 Å². The molecule has 0 N–H and O–H groups in total. The third-order valence-electron chi connectivity index (χ3n) is 4.94. The molecule has 0 saturated carbocycles. The van der Waals surface area contributed by atoms with Crippen molar-refractivity contribution in [3.63, 3.8) is 0 Å². The van der Waals surface area contributed by atoms with Crippen LogP contribution in [-0.4, -0.2) is 5.66 Å². The maximum Gasteiger partial charge on any atom is 0 e. The Balaban J connectivity index is 0.00000182. The van der Waals surface area contributed by atoms with E-state index in [0.717, 1.165) is 0 Å². The van der Waals surface area contributed by atoms with E-state index in [1.54, 1.807) is 0 Å². The van der Waals surface area contributed by atoms with E-state index in [2.05, 4.69) is 115 Å². The SMILES string of the molecule is C1=CC([PH](c2ccccc2)(c2ccccc2)c2ccccc2)C=C1.[Ru]. The molecular formula is C23H21PRu. The summed E-state index contributed by atoms with van der Waals surface area (Å²) in [4.78, 5) is 0. The van der Waals surface area contributed by atoms with Gasteiger partial charge in [0.15, 0.2) is 0 Å². The number of hydrogen-bond donors (Lipinski definition) is 0. The van der Waals surface area contributed by atoms with E-state index in [1.807, 2.05) is 0 Å². The predicted octanol–water partition coefficient (Wildman–Crippen LogP) is 4.20. The molecule has 0 nitrogen and oxygen atoms in total. The number of hydrogen-bond acceptors (Lipinski definition) is 0. The molecule has 3 aromatic carbocycles. The molecule has 25 heavy (non-hydrogen) atoms. The normalized spacial score (nSPS) is 14.2. The van der Waals surface area contributed by atoms with Gasteiger partial charge in [0.1, 0.15) is 0 Å². The van der Waals surface area contributed by atoms with Crippen molar-refractivity contribution in [3.8, 4) is 0 Å². The van der Waals surface area contributed by atoms with Gasteiger partial charge in [0.05, 0.1) is 0 Å². The van der Waals surface area contributed by atoms with Crippen LogP contribution in [0.25, 0.3) is 0 Å². The Hall–Kier alpha value is -1.81. The molecule has 1 aliphatic rings. The number of benzene rings is 3. The summed E-state index contributed by atoms with van der Waals surface area (Å²) in [5.41, 5.74) is 0.435. The molecule has 0 bridgehead atoms. The first-order chi connectivity index (χ1) is 11.9. The van der Waals surface area contributed by atoms with Gasteiger partial charge in [0, 0.05) is 19.5 Å². The van der Waals surface area contributed by atoms with Crippen LogP contribution in [0.3, 0.4) is 0 Å². The smallest absolute Gasteiger partial charge is 0 e. The van der Waals surface area contributed by atoms with Gasteiger partial charge < -0.3 is 0 Å². The van der Waals surface area contributed by atoms with E-state index in [4.69, 9.17) is 0 Å². The summed E-state index contributed by atoms with van der Waals surface area (Å²) in [6.45, 7) is 0. The maximum atomic E-state index is 2.37. The molecule has 0 amide bonds. The van der Waals surface area contributed by atoms with Crippen LogP contribution in [0.5, 0.6) is 0 Å². The Morgan fingerprint density at radius 3 is 1.12 bits per heavy atom. The number of rotatable bonds is 4. The summed E-state index contributed by atoms with van der Waals surface area (Å²) < 4.78 is 0. The molecule has 0 unspecified atom stereocenters. The minimum atomic E-state index is -2.16. The predicted molar refractivity (Wildman–Crippen MR) is 109 cm³/mol. The van der Waals surface area contributed by atoms with Crippen molar-refractivity contribution in [1.29, 1.82) is 0 Å². The van der Waals surface area contributed by atoms with Crippen molar-refractivity contribution in [1.82, 2.24) is 0 Å². The van der Waals surface area contributed by atoms with Crippen molar-refractivity contribution in [3.05, 3.63) is 115 Å². The Labute approximate surface area is 163 Å². The minimum absolute atomic E-state index is 0. The molecule has 0 aromatic heterocycles. The molecule has 0 radical (unpaired) electrons. The molecule has 0 fully saturated rings. The molecule has 3 aromatic rings. The van der Waals surface area contributed by atoms with Gasteiger partial charge in [0.25, 0.3) is 0 Å². The van der Waals surface area contributed by atoms with Gasteiger partial charge in [-0.2, -0.15) is 0 Å². The van der Waals surface area contributed by atoms with Crippen molar-refractivity contribution >= 4 is 23.2 Å². The molecule has 126 valence electrons. The molecular weight excluding hydrogens is 408 g/mol. The summed E-state index contributed by atoms with van der Waals surface area (Å²) in [6.07, 6.45) is 9.14. The molecule has 0 atom stereocenters. The van der Waals surface area contributed by atoms with Crippen molar-refractivity contribution < 1.29 is 19.5 Å². The van der Waals surface area contributed by atoms with Gasteiger partial charge in [-0.3, -0.25) is 0 Å².